The minimum Gasteiger partial charge on any atom is -1.00 e. The fourth-order valence-electron chi connectivity index (χ4n) is 14.6. The van der Waals surface area contributed by atoms with Gasteiger partial charge in [-0.3, -0.25) is 0 Å². The Labute approximate surface area is 342 Å². The maximum Gasteiger partial charge on any atom is 0.103 e. The monoisotopic (exact) mass is 920 g/mol. The second-order valence-corrected chi connectivity index (χ2v) is 17.2. The van der Waals surface area contributed by atoms with E-state index in [1.54, 1.807) is 11.1 Å². The van der Waals surface area contributed by atoms with E-state index in [2.05, 4.69) is 108 Å². The minimum absolute atomic E-state index is 0. The minimum atomic E-state index is 0. The van der Waals surface area contributed by atoms with Crippen molar-refractivity contribution in [3.8, 4) is 0 Å². The summed E-state index contributed by atoms with van der Waals surface area (Å²) in [7, 11) is 0. The molecule has 0 unspecified atom stereocenters. The maximum atomic E-state index is 10.5. The highest BCUT2D eigenvalue weighted by atomic mass is 127. The molecular weight excluding hydrogens is 870 g/mol. The van der Waals surface area contributed by atoms with Gasteiger partial charge in [0.05, 0.1) is 62.3 Å². The van der Waals surface area contributed by atoms with E-state index < -0.39 is 0 Å². The molecule has 7 heterocycles. The molecule has 0 amide bonds. The van der Waals surface area contributed by atoms with Gasteiger partial charge in [-0.1, -0.05) is 61.7 Å². The van der Waals surface area contributed by atoms with Crippen LogP contribution in [0.3, 0.4) is 0 Å². The van der Waals surface area contributed by atoms with Gasteiger partial charge in [-0.2, -0.15) is 0 Å². The summed E-state index contributed by atoms with van der Waals surface area (Å²) in [5.41, 5.74) is 11.8. The summed E-state index contributed by atoms with van der Waals surface area (Å²) in [6.45, 7) is 15.0. The molecule has 272 valence electrons. The Kier molecular flexibility index (Phi) is 8.28. The van der Waals surface area contributed by atoms with Crippen LogP contribution in [-0.4, -0.2) is 95.8 Å². The number of para-hydroxylation sites is 2. The summed E-state index contributed by atoms with van der Waals surface area (Å²) in [6.07, 6.45) is 18.6. The highest BCUT2D eigenvalue weighted by Gasteiger charge is 2.75. The Bertz CT molecular complexity index is 1860. The second kappa shape index (κ2) is 12.1. The molecule has 11 rings (SSSR count). The number of rotatable bonds is 6. The molecule has 2 aliphatic carbocycles. The van der Waals surface area contributed by atoms with Crippen LogP contribution in [0.4, 0.5) is 11.4 Å². The first kappa shape index (κ1) is 35.5. The third kappa shape index (κ3) is 4.00. The van der Waals surface area contributed by atoms with Crippen molar-refractivity contribution in [2.75, 3.05) is 62.3 Å². The van der Waals surface area contributed by atoms with Crippen LogP contribution >= 0.6 is 0 Å². The number of aliphatic hydroxyl groups excluding tert-OH is 2. The molecule has 2 aromatic rings. The van der Waals surface area contributed by atoms with Crippen molar-refractivity contribution in [2.45, 2.75) is 60.7 Å². The fourth-order valence-corrected chi connectivity index (χ4v) is 14.6. The molecule has 2 spiro atoms. The molecule has 2 aromatic carbocycles. The second-order valence-electron chi connectivity index (χ2n) is 17.2. The van der Waals surface area contributed by atoms with Gasteiger partial charge in [-0.15, -0.1) is 0 Å². The van der Waals surface area contributed by atoms with Crippen molar-refractivity contribution in [1.82, 2.24) is 0 Å². The van der Waals surface area contributed by atoms with Crippen LogP contribution in [0.5, 0.6) is 0 Å². The van der Waals surface area contributed by atoms with Crippen molar-refractivity contribution in [1.29, 1.82) is 0 Å². The molecule has 0 radical (unpaired) electrons. The number of nitrogens with zero attached hydrogens (tertiary/aromatic N) is 4. The molecule has 0 aromatic heterocycles. The van der Waals surface area contributed by atoms with Crippen LogP contribution in [0.25, 0.3) is 0 Å². The molecule has 10 atom stereocenters. The zero-order chi connectivity index (χ0) is 33.6. The number of quaternary nitrogens is 2. The lowest BCUT2D eigenvalue weighted by Gasteiger charge is -2.59. The predicted molar refractivity (Wildman–Crippen MR) is 198 cm³/mol. The summed E-state index contributed by atoms with van der Waals surface area (Å²) in [6, 6.07) is 20.3. The van der Waals surface area contributed by atoms with Gasteiger partial charge in [0.1, 0.15) is 25.2 Å². The molecule has 4 bridgehead atoms. The molecule has 9 aliphatic rings. The van der Waals surface area contributed by atoms with Gasteiger partial charge in [0, 0.05) is 61.3 Å². The van der Waals surface area contributed by atoms with Gasteiger partial charge >= 0.3 is 0 Å². The molecule has 2 saturated carbocycles. The van der Waals surface area contributed by atoms with Crippen molar-refractivity contribution >= 4 is 11.4 Å². The first-order valence-corrected chi connectivity index (χ1v) is 19.2. The highest BCUT2D eigenvalue weighted by molar-refractivity contribution is 5.77. The average molecular weight is 921 g/mol. The summed E-state index contributed by atoms with van der Waals surface area (Å²) >= 11 is 0. The smallest absolute Gasteiger partial charge is 0.103 e. The van der Waals surface area contributed by atoms with E-state index >= 15 is 0 Å². The predicted octanol–water partition coefficient (Wildman–Crippen LogP) is -0.516. The van der Waals surface area contributed by atoms with Crippen LogP contribution in [0, 0.1) is 11.8 Å². The zero-order valence-electron chi connectivity index (χ0n) is 29.9. The molecule has 52 heavy (non-hydrogen) atoms. The Morgan fingerprint density at radius 1 is 0.673 bits per heavy atom. The van der Waals surface area contributed by atoms with E-state index in [0.717, 1.165) is 73.9 Å². The lowest BCUT2D eigenvalue weighted by molar-refractivity contribution is -0.937. The normalized spacial score (nSPS) is 43.7. The Balaban J connectivity index is 0.00000180. The van der Waals surface area contributed by atoms with Crippen LogP contribution < -0.4 is 57.8 Å². The molecular formula is C44H50I2N4O2. The van der Waals surface area contributed by atoms with Crippen molar-refractivity contribution < 1.29 is 67.1 Å². The summed E-state index contributed by atoms with van der Waals surface area (Å²) in [5.74, 6) is 0.615. The summed E-state index contributed by atoms with van der Waals surface area (Å²) in [5, 5.41) is 20.9. The van der Waals surface area contributed by atoms with Crippen LogP contribution in [0.2, 0.25) is 0 Å². The lowest BCUT2D eigenvalue weighted by atomic mass is 9.56. The SMILES string of the molecule is C=CC[N@@+]12CC[C@@]34c5ccccc5N5/C=C6/[C@H]7C[C@H]8[C@@]9(CC[N@@+]8(CC=C)C/C7=C/CO)c7ccccc7N(/C=C(/[C@@H](C[C@@H]31)/C(=C\CO)C2)[C@H]54)[C@@H]69.[I-].[I-]. The fraction of sp³-hybridized carbons (Fsp3) is 0.455. The van der Waals surface area contributed by atoms with Crippen LogP contribution in [0.1, 0.15) is 36.8 Å². The number of fused-ring (bicyclic) bond motifs is 8. The first-order valence-electron chi connectivity index (χ1n) is 19.2. The van der Waals surface area contributed by atoms with Gasteiger partial charge in [0.2, 0.25) is 0 Å². The summed E-state index contributed by atoms with van der Waals surface area (Å²) < 4.78 is 2.12. The van der Waals surface area contributed by atoms with E-state index in [0.29, 0.717) is 23.9 Å². The number of aliphatic hydroxyl groups is 2. The number of benzene rings is 2. The third-order valence-corrected chi connectivity index (χ3v) is 15.9. The van der Waals surface area contributed by atoms with Crippen molar-refractivity contribution in [3.63, 3.8) is 0 Å². The number of hydrogen-bond donors (Lipinski definition) is 2. The topological polar surface area (TPSA) is 46.9 Å². The quantitative estimate of drug-likeness (QED) is 0.233. The number of halogens is 2. The van der Waals surface area contributed by atoms with Crippen LogP contribution in [0.15, 0.2) is 121 Å². The standard InChI is InChI=1S/C44H50N4O2.2HI/c1-3-17-47-19-15-43-35-9-5-7-11-37(35)45-26-34-32-24-40-44(16-20-48(40,18-4-2)28-30(32)14-22-50)36-10-6-8-12-38(36)46(42(34)44)25-33(41(43)45)31(23-39(43)47)29(27-47)13-21-49;;/h3-14,25-26,31-32,39-42,49-50H,1-2,15-24,27-28H2;2*1H/q+2;;/p-2/b29-13-,30-14-,33-25-,34-26-;;/t31-,32-,39-,40-,41-,42-,43+,44+,47-,48-;;/m0../s1. The molecule has 8 heteroatoms. The summed E-state index contributed by atoms with van der Waals surface area (Å²) in [4.78, 5) is 5.54. The maximum absolute atomic E-state index is 10.5. The van der Waals surface area contributed by atoms with Crippen LogP contribution in [-0.2, 0) is 10.8 Å². The Hall–Kier alpha value is -2.22. The average Bonchev–Trinajstić information content (AvgIpc) is 3.81. The molecule has 6 nitrogen and oxygen atoms in total. The van der Waals surface area contributed by atoms with Gasteiger partial charge in [-0.25, -0.2) is 0 Å². The largest absolute Gasteiger partial charge is 1.00 e. The lowest BCUT2D eigenvalue weighted by Crippen LogP contribution is -3.00. The van der Waals surface area contributed by atoms with E-state index in [9.17, 15) is 10.2 Å². The van der Waals surface area contributed by atoms with Gasteiger partial charge in [0.25, 0.3) is 0 Å². The van der Waals surface area contributed by atoms with E-state index in [1.165, 1.54) is 33.6 Å². The molecule has 7 aliphatic heterocycles. The van der Waals surface area contributed by atoms with Gasteiger partial charge < -0.3 is 76.9 Å². The number of hydrogen-bond acceptors (Lipinski definition) is 4. The molecule has 4 saturated heterocycles. The van der Waals surface area contributed by atoms with Gasteiger partial charge in [0.15, 0.2) is 0 Å². The van der Waals surface area contributed by atoms with Crippen molar-refractivity contribution in [3.05, 3.63) is 132 Å². The van der Waals surface area contributed by atoms with Crippen molar-refractivity contribution in [2.24, 2.45) is 11.8 Å². The zero-order valence-corrected chi connectivity index (χ0v) is 34.2. The molecule has 2 N–H and O–H groups in total. The first-order chi connectivity index (χ1) is 24.5. The Morgan fingerprint density at radius 2 is 1.10 bits per heavy atom. The molecule has 6 fully saturated rings. The van der Waals surface area contributed by atoms with E-state index in [4.69, 9.17) is 0 Å². The number of piperidine rings is 2. The number of anilines is 2. The van der Waals surface area contributed by atoms with E-state index in [1.807, 2.05) is 0 Å². The third-order valence-electron chi connectivity index (χ3n) is 15.9. The Morgan fingerprint density at radius 3 is 1.50 bits per heavy atom. The highest BCUT2D eigenvalue weighted by Crippen LogP contribution is 2.69. The van der Waals surface area contributed by atoms with E-state index in [-0.39, 0.29) is 84.1 Å². The van der Waals surface area contributed by atoms with Gasteiger partial charge in [-0.05, 0) is 57.7 Å².